The Kier molecular flexibility index (Phi) is 7.02. The molecule has 2 rings (SSSR count). The van der Waals surface area contributed by atoms with Crippen molar-refractivity contribution in [3.05, 3.63) is 59.7 Å². The lowest BCUT2D eigenvalue weighted by atomic mass is 10.1. The van der Waals surface area contributed by atoms with Gasteiger partial charge in [0.1, 0.15) is 0 Å². The lowest BCUT2D eigenvalue weighted by molar-refractivity contribution is -0.131. The third-order valence-corrected chi connectivity index (χ3v) is 7.76. The highest BCUT2D eigenvalue weighted by molar-refractivity contribution is 7.90. The Balaban J connectivity index is 2.12. The summed E-state index contributed by atoms with van der Waals surface area (Å²) in [6.45, 7) is 1.40. The van der Waals surface area contributed by atoms with Crippen molar-refractivity contribution < 1.29 is 21.6 Å². The summed E-state index contributed by atoms with van der Waals surface area (Å²) < 4.78 is 49.5. The van der Waals surface area contributed by atoms with Crippen LogP contribution in [0.5, 0.6) is 0 Å². The second-order valence-electron chi connectivity index (χ2n) is 6.92. The minimum atomic E-state index is -3.90. The fourth-order valence-electron chi connectivity index (χ4n) is 2.70. The van der Waals surface area contributed by atoms with Crippen molar-refractivity contribution in [2.75, 3.05) is 26.9 Å². The number of likely N-dealkylation sites (N-methyl/N-ethyl adjacent to an activating group) is 2. The monoisotopic (exact) mass is 449 g/mol. The van der Waals surface area contributed by atoms with E-state index in [-0.39, 0.29) is 16.3 Å². The predicted molar refractivity (Wildman–Crippen MR) is 112 cm³/mol. The zero-order chi connectivity index (χ0) is 22.7. The van der Waals surface area contributed by atoms with E-state index in [1.807, 2.05) is 6.07 Å². The van der Waals surface area contributed by atoms with Crippen LogP contribution in [0.25, 0.3) is 0 Å². The summed E-state index contributed by atoms with van der Waals surface area (Å²) in [5, 5.41) is 8.83. The highest BCUT2D eigenvalue weighted by Crippen LogP contribution is 2.22. The summed E-state index contributed by atoms with van der Waals surface area (Å²) in [5.41, 5.74) is 1.05. The van der Waals surface area contributed by atoms with Gasteiger partial charge in [0, 0.05) is 20.4 Å². The number of nitrogens with zero attached hydrogens (tertiary/aromatic N) is 3. The minimum absolute atomic E-state index is 0.0103. The van der Waals surface area contributed by atoms with Crippen LogP contribution in [-0.2, 0) is 24.7 Å². The molecule has 0 radical (unpaired) electrons. The maximum absolute atomic E-state index is 12.7. The molecule has 0 heterocycles. The minimum Gasteiger partial charge on any atom is -0.338 e. The number of carbonyl (C=O) groups excluding carboxylic acids is 1. The maximum Gasteiger partial charge on any atom is 0.243 e. The van der Waals surface area contributed by atoms with E-state index in [2.05, 4.69) is 0 Å². The Morgan fingerprint density at radius 1 is 0.967 bits per heavy atom. The summed E-state index contributed by atoms with van der Waals surface area (Å²) in [7, 11) is -4.35. The predicted octanol–water partition coefficient (Wildman–Crippen LogP) is 1.80. The first-order chi connectivity index (χ1) is 13.9. The average molecular weight is 450 g/mol. The first-order valence-electron chi connectivity index (χ1n) is 8.90. The van der Waals surface area contributed by atoms with Gasteiger partial charge in [0.15, 0.2) is 9.84 Å². The largest absolute Gasteiger partial charge is 0.338 e. The smallest absolute Gasteiger partial charge is 0.243 e. The molecule has 0 saturated carbocycles. The van der Waals surface area contributed by atoms with E-state index in [4.69, 9.17) is 5.26 Å². The van der Waals surface area contributed by atoms with Crippen LogP contribution in [0.15, 0.2) is 58.3 Å². The van der Waals surface area contributed by atoms with Gasteiger partial charge in [0.05, 0.1) is 34.0 Å². The number of benzene rings is 2. The maximum atomic E-state index is 12.7. The zero-order valence-corrected chi connectivity index (χ0v) is 18.7. The van der Waals surface area contributed by atoms with Crippen LogP contribution in [0.3, 0.4) is 0 Å². The first-order valence-corrected chi connectivity index (χ1v) is 12.2. The van der Waals surface area contributed by atoms with Gasteiger partial charge in [0.2, 0.25) is 15.9 Å². The van der Waals surface area contributed by atoms with E-state index in [9.17, 15) is 21.6 Å². The Morgan fingerprint density at radius 2 is 1.47 bits per heavy atom. The van der Waals surface area contributed by atoms with E-state index in [0.717, 1.165) is 16.1 Å². The zero-order valence-electron chi connectivity index (χ0n) is 17.1. The highest BCUT2D eigenvalue weighted by atomic mass is 32.2. The van der Waals surface area contributed by atoms with Crippen LogP contribution in [0.2, 0.25) is 0 Å². The summed E-state index contributed by atoms with van der Waals surface area (Å²) in [4.78, 5) is 14.2. The van der Waals surface area contributed by atoms with Gasteiger partial charge in [-0.1, -0.05) is 12.1 Å². The SMILES string of the molecule is C[C@@H](c1ccc(S(C)(=O)=O)cc1)N(C)C(=O)CN(C)S(=O)(=O)c1ccc(C#N)cc1. The number of hydrogen-bond donors (Lipinski definition) is 0. The van der Waals surface area contributed by atoms with E-state index in [0.29, 0.717) is 5.56 Å². The summed E-state index contributed by atoms with van der Waals surface area (Å²) in [6, 6.07) is 13.2. The normalized spacial score (nSPS) is 12.9. The topological polar surface area (TPSA) is 116 Å². The Labute approximate surface area is 177 Å². The van der Waals surface area contributed by atoms with Gasteiger partial charge in [-0.05, 0) is 48.9 Å². The van der Waals surface area contributed by atoms with Crippen LogP contribution in [-0.4, -0.2) is 58.8 Å². The van der Waals surface area contributed by atoms with E-state index in [1.54, 1.807) is 26.1 Å². The van der Waals surface area contributed by atoms with Crippen molar-refractivity contribution in [2.24, 2.45) is 0 Å². The molecule has 160 valence electrons. The van der Waals surface area contributed by atoms with Crippen molar-refractivity contribution in [1.82, 2.24) is 9.21 Å². The molecule has 0 N–H and O–H groups in total. The van der Waals surface area contributed by atoms with Crippen molar-refractivity contribution in [3.8, 4) is 6.07 Å². The number of sulfone groups is 1. The standard InChI is InChI=1S/C20H23N3O5S2/c1-15(17-7-11-18(12-8-17)29(4,25)26)23(3)20(24)14-22(2)30(27,28)19-9-5-16(13-21)6-10-19/h5-12,15H,14H2,1-4H3/t15-/m0/s1. The van der Waals surface area contributed by atoms with Crippen molar-refractivity contribution in [3.63, 3.8) is 0 Å². The van der Waals surface area contributed by atoms with Gasteiger partial charge < -0.3 is 4.90 Å². The summed E-state index contributed by atoms with van der Waals surface area (Å²) in [5.74, 6) is -0.422. The van der Waals surface area contributed by atoms with Crippen LogP contribution >= 0.6 is 0 Å². The van der Waals surface area contributed by atoms with Gasteiger partial charge in [-0.2, -0.15) is 9.57 Å². The second kappa shape index (κ2) is 8.95. The molecule has 0 aromatic heterocycles. The fourth-order valence-corrected chi connectivity index (χ4v) is 4.45. The molecule has 1 amide bonds. The number of sulfonamides is 1. The van der Waals surface area contributed by atoms with Gasteiger partial charge in [0.25, 0.3) is 0 Å². The van der Waals surface area contributed by atoms with E-state index < -0.39 is 31.8 Å². The summed E-state index contributed by atoms with van der Waals surface area (Å²) in [6.07, 6.45) is 1.12. The Bertz CT molecular complexity index is 1170. The van der Waals surface area contributed by atoms with Gasteiger partial charge >= 0.3 is 0 Å². The molecular formula is C20H23N3O5S2. The number of hydrogen-bond acceptors (Lipinski definition) is 6. The quantitative estimate of drug-likeness (QED) is 0.636. The molecule has 0 unspecified atom stereocenters. The Morgan fingerprint density at radius 3 is 1.93 bits per heavy atom. The Hall–Kier alpha value is -2.74. The third-order valence-electron chi connectivity index (χ3n) is 4.81. The fraction of sp³-hybridized carbons (Fsp3) is 0.300. The van der Waals surface area contributed by atoms with Crippen LogP contribution < -0.4 is 0 Å². The van der Waals surface area contributed by atoms with Crippen molar-refractivity contribution >= 4 is 25.8 Å². The first kappa shape index (κ1) is 23.5. The molecule has 0 saturated heterocycles. The molecule has 0 aliphatic carbocycles. The van der Waals surface area contributed by atoms with Gasteiger partial charge in [-0.15, -0.1) is 0 Å². The van der Waals surface area contributed by atoms with E-state index in [1.165, 1.54) is 48.3 Å². The molecular weight excluding hydrogens is 426 g/mol. The number of rotatable bonds is 7. The van der Waals surface area contributed by atoms with Crippen molar-refractivity contribution in [1.29, 1.82) is 5.26 Å². The van der Waals surface area contributed by atoms with Crippen LogP contribution in [0.4, 0.5) is 0 Å². The van der Waals surface area contributed by atoms with Crippen LogP contribution in [0, 0.1) is 11.3 Å². The molecule has 0 spiro atoms. The highest BCUT2D eigenvalue weighted by Gasteiger charge is 2.26. The van der Waals surface area contributed by atoms with E-state index >= 15 is 0 Å². The van der Waals surface area contributed by atoms with Gasteiger partial charge in [-0.3, -0.25) is 4.79 Å². The molecule has 0 aliphatic rings. The number of amides is 1. The average Bonchev–Trinajstić information content (AvgIpc) is 2.72. The molecule has 8 nitrogen and oxygen atoms in total. The molecule has 0 fully saturated rings. The summed E-state index contributed by atoms with van der Waals surface area (Å²) >= 11 is 0. The van der Waals surface area contributed by atoms with Crippen molar-refractivity contribution in [2.45, 2.75) is 22.8 Å². The van der Waals surface area contributed by atoms with Crippen LogP contribution in [0.1, 0.15) is 24.1 Å². The molecule has 0 aliphatic heterocycles. The lowest BCUT2D eigenvalue weighted by Crippen LogP contribution is -2.40. The molecule has 2 aromatic rings. The number of carbonyl (C=O) groups is 1. The molecule has 2 aromatic carbocycles. The third kappa shape index (κ3) is 5.24. The van der Waals surface area contributed by atoms with Gasteiger partial charge in [-0.25, -0.2) is 16.8 Å². The molecule has 10 heteroatoms. The second-order valence-corrected chi connectivity index (χ2v) is 11.0. The molecule has 30 heavy (non-hydrogen) atoms. The molecule has 0 bridgehead atoms. The number of nitriles is 1. The lowest BCUT2D eigenvalue weighted by Gasteiger charge is -2.27. The molecule has 1 atom stereocenters.